The Kier molecular flexibility index (Phi) is 7.03. The second-order valence-corrected chi connectivity index (χ2v) is 7.49. The summed E-state index contributed by atoms with van der Waals surface area (Å²) in [6.45, 7) is 2.32. The van der Waals surface area contributed by atoms with Crippen molar-refractivity contribution in [3.05, 3.63) is 92.4 Å². The molecule has 0 spiro atoms. The van der Waals surface area contributed by atoms with E-state index in [0.717, 1.165) is 16.8 Å². The van der Waals surface area contributed by atoms with Crippen molar-refractivity contribution in [3.63, 3.8) is 0 Å². The minimum absolute atomic E-state index is 0.0360. The van der Waals surface area contributed by atoms with Gasteiger partial charge in [-0.3, -0.25) is 14.9 Å². The monoisotopic (exact) mass is 469 g/mol. The van der Waals surface area contributed by atoms with E-state index in [1.807, 2.05) is 43.3 Å². The Morgan fingerprint density at radius 3 is 2.57 bits per heavy atom. The van der Waals surface area contributed by atoms with Crippen molar-refractivity contribution in [1.29, 1.82) is 0 Å². The Bertz CT molecular complexity index is 1070. The maximum atomic E-state index is 12.1. The number of ether oxygens (including phenoxy) is 1. The highest BCUT2D eigenvalue weighted by Crippen LogP contribution is 2.27. The van der Waals surface area contributed by atoms with Gasteiger partial charge in [0.2, 0.25) is 0 Å². The first-order chi connectivity index (χ1) is 14.4. The molecule has 0 bridgehead atoms. The molecule has 3 aromatic rings. The number of carbonyl (C=O) groups excluding carboxylic acids is 1. The maximum absolute atomic E-state index is 12.1. The minimum Gasteiger partial charge on any atom is -0.483 e. The fourth-order valence-electron chi connectivity index (χ4n) is 2.77. The van der Waals surface area contributed by atoms with E-state index in [9.17, 15) is 14.9 Å². The van der Waals surface area contributed by atoms with E-state index in [0.29, 0.717) is 22.5 Å². The summed E-state index contributed by atoms with van der Waals surface area (Å²) in [4.78, 5) is 22.5. The molecule has 0 saturated heterocycles. The Morgan fingerprint density at radius 2 is 1.83 bits per heavy atom. The van der Waals surface area contributed by atoms with E-state index in [1.165, 1.54) is 12.1 Å². The zero-order valence-corrected chi connectivity index (χ0v) is 17.8. The Balaban J connectivity index is 1.54. The van der Waals surface area contributed by atoms with Gasteiger partial charge in [0.05, 0.1) is 9.40 Å². The fraction of sp³-hybridized carbons (Fsp3) is 0.136. The normalized spacial score (nSPS) is 10.3. The first-order valence-electron chi connectivity index (χ1n) is 9.17. The van der Waals surface area contributed by atoms with Crippen molar-refractivity contribution in [1.82, 2.24) is 0 Å². The van der Waals surface area contributed by atoms with Crippen LogP contribution in [0, 0.1) is 17.0 Å². The summed E-state index contributed by atoms with van der Waals surface area (Å²) < 4.78 is 6.32. The van der Waals surface area contributed by atoms with Gasteiger partial charge in [0.1, 0.15) is 5.75 Å². The molecule has 30 heavy (non-hydrogen) atoms. The predicted octanol–water partition coefficient (Wildman–Crippen LogP) is 5.30. The molecule has 3 aromatic carbocycles. The molecule has 0 radical (unpaired) electrons. The van der Waals surface area contributed by atoms with Crippen LogP contribution in [0.5, 0.6) is 5.75 Å². The lowest BCUT2D eigenvalue weighted by molar-refractivity contribution is -0.384. The van der Waals surface area contributed by atoms with Crippen LogP contribution in [0.2, 0.25) is 0 Å². The van der Waals surface area contributed by atoms with Gasteiger partial charge in [-0.2, -0.15) is 0 Å². The van der Waals surface area contributed by atoms with Crippen molar-refractivity contribution >= 4 is 38.9 Å². The van der Waals surface area contributed by atoms with Crippen LogP contribution >= 0.6 is 15.9 Å². The third-order valence-corrected chi connectivity index (χ3v) is 4.83. The number of hydrogen-bond acceptors (Lipinski definition) is 5. The number of nitrogens with one attached hydrogen (secondary N) is 2. The van der Waals surface area contributed by atoms with Crippen molar-refractivity contribution in [2.45, 2.75) is 13.5 Å². The number of nitro groups is 1. The number of aryl methyl sites for hydroxylation is 1. The van der Waals surface area contributed by atoms with Crippen LogP contribution in [0.4, 0.5) is 17.1 Å². The molecule has 0 aromatic heterocycles. The first kappa shape index (κ1) is 21.3. The molecule has 154 valence electrons. The molecular weight excluding hydrogens is 450 g/mol. The van der Waals surface area contributed by atoms with E-state index >= 15 is 0 Å². The van der Waals surface area contributed by atoms with Gasteiger partial charge in [0.15, 0.2) is 6.61 Å². The van der Waals surface area contributed by atoms with Crippen LogP contribution in [0.15, 0.2) is 71.2 Å². The molecule has 0 heterocycles. The molecule has 0 aliphatic carbocycles. The number of hydrogen-bond donors (Lipinski definition) is 2. The zero-order valence-electron chi connectivity index (χ0n) is 16.2. The molecule has 0 unspecified atom stereocenters. The number of benzene rings is 3. The van der Waals surface area contributed by atoms with Crippen LogP contribution in [0.25, 0.3) is 0 Å². The standard InChI is InChI=1S/C22H20BrN3O4/c1-15-4-2-6-18(10-15)25-22(27)14-30-21-9-8-16(11-20(21)23)13-24-17-5-3-7-19(12-17)26(28)29/h2-12,24H,13-14H2,1H3,(H,25,27). The lowest BCUT2D eigenvalue weighted by atomic mass is 10.2. The minimum atomic E-state index is -0.428. The Labute approximate surface area is 182 Å². The van der Waals surface area contributed by atoms with E-state index in [1.54, 1.807) is 18.2 Å². The van der Waals surface area contributed by atoms with Gasteiger partial charge in [-0.1, -0.05) is 24.3 Å². The highest BCUT2D eigenvalue weighted by atomic mass is 79.9. The molecule has 0 fully saturated rings. The molecule has 8 heteroatoms. The highest BCUT2D eigenvalue weighted by Gasteiger charge is 2.09. The van der Waals surface area contributed by atoms with Crippen molar-refractivity contribution in [3.8, 4) is 5.75 Å². The summed E-state index contributed by atoms with van der Waals surface area (Å²) in [6.07, 6.45) is 0. The molecule has 0 aliphatic heterocycles. The Hall–Kier alpha value is -3.39. The summed E-state index contributed by atoms with van der Waals surface area (Å²) in [7, 11) is 0. The second-order valence-electron chi connectivity index (χ2n) is 6.63. The van der Waals surface area contributed by atoms with E-state index < -0.39 is 4.92 Å². The topological polar surface area (TPSA) is 93.5 Å². The van der Waals surface area contributed by atoms with Crippen LogP contribution in [-0.4, -0.2) is 17.4 Å². The number of anilines is 2. The van der Waals surface area contributed by atoms with Gasteiger partial charge in [-0.15, -0.1) is 0 Å². The van der Waals surface area contributed by atoms with Crippen molar-refractivity contribution in [2.75, 3.05) is 17.2 Å². The number of amides is 1. The van der Waals surface area contributed by atoms with Crippen LogP contribution < -0.4 is 15.4 Å². The van der Waals surface area contributed by atoms with E-state index in [-0.39, 0.29) is 18.2 Å². The summed E-state index contributed by atoms with van der Waals surface area (Å²) in [6, 6.07) is 19.4. The van der Waals surface area contributed by atoms with Gasteiger partial charge in [-0.05, 0) is 64.3 Å². The molecule has 2 N–H and O–H groups in total. The second kappa shape index (κ2) is 9.89. The summed E-state index contributed by atoms with van der Waals surface area (Å²) in [5.74, 6) is 0.303. The van der Waals surface area contributed by atoms with Crippen molar-refractivity contribution in [2.24, 2.45) is 0 Å². The smallest absolute Gasteiger partial charge is 0.271 e. The third-order valence-electron chi connectivity index (χ3n) is 4.21. The van der Waals surface area contributed by atoms with Crippen LogP contribution in [0.1, 0.15) is 11.1 Å². The van der Waals surface area contributed by atoms with E-state index in [4.69, 9.17) is 4.74 Å². The lowest BCUT2D eigenvalue weighted by Crippen LogP contribution is -2.20. The third kappa shape index (κ3) is 6.05. The zero-order chi connectivity index (χ0) is 21.5. The van der Waals surface area contributed by atoms with Crippen LogP contribution in [0.3, 0.4) is 0 Å². The number of rotatable bonds is 8. The summed E-state index contributed by atoms with van der Waals surface area (Å²) in [5.41, 5.74) is 3.43. The number of nitrogens with zero attached hydrogens (tertiary/aromatic N) is 1. The molecular formula is C22H20BrN3O4. The highest BCUT2D eigenvalue weighted by molar-refractivity contribution is 9.10. The van der Waals surface area contributed by atoms with Gasteiger partial charge in [-0.25, -0.2) is 0 Å². The molecule has 0 saturated carbocycles. The van der Waals surface area contributed by atoms with E-state index in [2.05, 4.69) is 26.6 Å². The molecule has 3 rings (SSSR count). The maximum Gasteiger partial charge on any atom is 0.271 e. The van der Waals surface area contributed by atoms with Gasteiger partial charge >= 0.3 is 0 Å². The first-order valence-corrected chi connectivity index (χ1v) is 9.96. The summed E-state index contributed by atoms with van der Waals surface area (Å²) >= 11 is 3.46. The lowest BCUT2D eigenvalue weighted by Gasteiger charge is -2.11. The fourth-order valence-corrected chi connectivity index (χ4v) is 3.31. The predicted molar refractivity (Wildman–Crippen MR) is 120 cm³/mol. The van der Waals surface area contributed by atoms with Crippen molar-refractivity contribution < 1.29 is 14.5 Å². The number of non-ortho nitro benzene ring substituents is 1. The molecule has 7 nitrogen and oxygen atoms in total. The SMILES string of the molecule is Cc1cccc(NC(=O)COc2ccc(CNc3cccc([N+](=O)[O-])c3)cc2Br)c1. The number of nitro benzene ring substituents is 1. The van der Waals surface area contributed by atoms with Gasteiger partial charge in [0.25, 0.3) is 11.6 Å². The van der Waals surface area contributed by atoms with Crippen LogP contribution in [-0.2, 0) is 11.3 Å². The molecule has 0 aliphatic rings. The number of carbonyl (C=O) groups is 1. The van der Waals surface area contributed by atoms with Gasteiger partial charge < -0.3 is 15.4 Å². The number of halogens is 1. The Morgan fingerprint density at radius 1 is 1.07 bits per heavy atom. The van der Waals surface area contributed by atoms with Gasteiger partial charge in [0, 0.05) is 30.1 Å². The largest absolute Gasteiger partial charge is 0.483 e. The molecule has 1 amide bonds. The average Bonchev–Trinajstić information content (AvgIpc) is 2.72. The quantitative estimate of drug-likeness (QED) is 0.345. The molecule has 0 atom stereocenters. The average molecular weight is 470 g/mol. The summed E-state index contributed by atoms with van der Waals surface area (Å²) in [5, 5.41) is 16.8.